The maximum atomic E-state index is 11.9. The van der Waals surface area contributed by atoms with Crippen molar-refractivity contribution in [2.24, 2.45) is 0 Å². The van der Waals surface area contributed by atoms with E-state index >= 15 is 0 Å². The van der Waals surface area contributed by atoms with E-state index in [2.05, 4.69) is 11.6 Å². The van der Waals surface area contributed by atoms with E-state index in [1.54, 1.807) is 36.4 Å². The van der Waals surface area contributed by atoms with Gasteiger partial charge in [0.15, 0.2) is 0 Å². The molecule has 0 aliphatic rings. The van der Waals surface area contributed by atoms with Crippen LogP contribution in [0.15, 0.2) is 36.4 Å². The molecule has 0 saturated heterocycles. The zero-order valence-electron chi connectivity index (χ0n) is 15.9. The molecule has 1 atom stereocenters. The number of benzene rings is 1. The highest BCUT2D eigenvalue weighted by Crippen LogP contribution is 2.07. The van der Waals surface area contributed by atoms with Crippen molar-refractivity contribution in [2.75, 3.05) is 12.3 Å². The molecule has 1 rings (SSSR count). The molecular formula is C20H31NO5S. The van der Waals surface area contributed by atoms with Crippen LogP contribution in [0.3, 0.4) is 0 Å². The summed E-state index contributed by atoms with van der Waals surface area (Å²) in [6.07, 6.45) is 8.46. The second-order valence-corrected chi connectivity index (χ2v) is 8.53. The van der Waals surface area contributed by atoms with Gasteiger partial charge in [-0.2, -0.15) is 0 Å². The number of aromatic carboxylic acids is 1. The van der Waals surface area contributed by atoms with Crippen molar-refractivity contribution >= 4 is 16.0 Å². The number of rotatable bonds is 14. The summed E-state index contributed by atoms with van der Waals surface area (Å²) in [4.78, 5) is 10.8. The Labute approximate surface area is 162 Å². The SMILES string of the molecule is CCCCCC(O)/C=C/CCS(=O)(=O)NCCCc1ccc(C(=O)O)cc1. The number of hydrogen-bond acceptors (Lipinski definition) is 4. The summed E-state index contributed by atoms with van der Waals surface area (Å²) >= 11 is 0. The molecule has 0 bridgehead atoms. The van der Waals surface area contributed by atoms with Crippen molar-refractivity contribution in [1.29, 1.82) is 0 Å². The molecule has 1 aromatic carbocycles. The molecule has 1 unspecified atom stereocenters. The fourth-order valence-corrected chi connectivity index (χ4v) is 3.63. The minimum Gasteiger partial charge on any atom is -0.478 e. The van der Waals surface area contributed by atoms with Gasteiger partial charge in [-0.25, -0.2) is 17.9 Å². The topological polar surface area (TPSA) is 104 Å². The van der Waals surface area contributed by atoms with Gasteiger partial charge in [-0.15, -0.1) is 0 Å². The Morgan fingerprint density at radius 2 is 1.89 bits per heavy atom. The molecule has 6 nitrogen and oxygen atoms in total. The molecule has 0 fully saturated rings. The van der Waals surface area contributed by atoms with E-state index < -0.39 is 22.1 Å². The predicted octanol–water partition coefficient (Wildman–Crippen LogP) is 3.12. The van der Waals surface area contributed by atoms with Crippen molar-refractivity contribution in [1.82, 2.24) is 4.72 Å². The molecule has 1 aromatic rings. The molecule has 0 amide bonds. The molecule has 7 heteroatoms. The van der Waals surface area contributed by atoms with Crippen LogP contribution in [0.5, 0.6) is 0 Å². The third-order valence-corrected chi connectivity index (χ3v) is 5.60. The van der Waals surface area contributed by atoms with Gasteiger partial charge >= 0.3 is 5.97 Å². The quantitative estimate of drug-likeness (QED) is 0.330. The van der Waals surface area contributed by atoms with Crippen LogP contribution in [0.25, 0.3) is 0 Å². The van der Waals surface area contributed by atoms with Crippen LogP contribution in [0.2, 0.25) is 0 Å². The van der Waals surface area contributed by atoms with E-state index in [1.165, 1.54) is 0 Å². The summed E-state index contributed by atoms with van der Waals surface area (Å²) in [6.45, 7) is 2.45. The van der Waals surface area contributed by atoms with Crippen LogP contribution in [-0.2, 0) is 16.4 Å². The zero-order valence-corrected chi connectivity index (χ0v) is 16.7. The van der Waals surface area contributed by atoms with Crippen LogP contribution in [0.4, 0.5) is 0 Å². The number of allylic oxidation sites excluding steroid dienone is 1. The lowest BCUT2D eigenvalue weighted by atomic mass is 10.1. The Morgan fingerprint density at radius 3 is 2.52 bits per heavy atom. The van der Waals surface area contributed by atoms with Crippen LogP contribution in [-0.4, -0.2) is 43.0 Å². The van der Waals surface area contributed by atoms with Gasteiger partial charge in [0.25, 0.3) is 0 Å². The third kappa shape index (κ3) is 10.9. The highest BCUT2D eigenvalue weighted by molar-refractivity contribution is 7.89. The second-order valence-electron chi connectivity index (χ2n) is 6.60. The molecule has 0 heterocycles. The summed E-state index contributed by atoms with van der Waals surface area (Å²) in [6, 6.07) is 6.58. The minimum absolute atomic E-state index is 0.00150. The third-order valence-electron chi connectivity index (χ3n) is 4.18. The van der Waals surface area contributed by atoms with E-state index in [4.69, 9.17) is 5.11 Å². The summed E-state index contributed by atoms with van der Waals surface area (Å²) in [5.74, 6) is -0.963. The van der Waals surface area contributed by atoms with E-state index in [-0.39, 0.29) is 11.3 Å². The Bertz CT molecular complexity index is 683. The normalized spacial score (nSPS) is 13.1. The molecule has 0 saturated carbocycles. The lowest BCUT2D eigenvalue weighted by Crippen LogP contribution is -2.27. The van der Waals surface area contributed by atoms with Gasteiger partial charge in [0.2, 0.25) is 10.0 Å². The van der Waals surface area contributed by atoms with Gasteiger partial charge < -0.3 is 10.2 Å². The molecule has 0 aliphatic carbocycles. The number of hydrogen-bond donors (Lipinski definition) is 3. The first-order valence-electron chi connectivity index (χ1n) is 9.48. The lowest BCUT2D eigenvalue weighted by molar-refractivity contribution is 0.0697. The van der Waals surface area contributed by atoms with Gasteiger partial charge in [0.05, 0.1) is 17.4 Å². The average molecular weight is 398 g/mol. The number of carboxylic acids is 1. The summed E-state index contributed by atoms with van der Waals surface area (Å²) in [5.41, 5.74) is 1.21. The minimum atomic E-state index is -3.33. The van der Waals surface area contributed by atoms with Crippen molar-refractivity contribution < 1.29 is 23.4 Å². The molecule has 0 spiro atoms. The monoisotopic (exact) mass is 397 g/mol. The molecule has 0 aliphatic heterocycles. The number of carbonyl (C=O) groups is 1. The zero-order chi connectivity index (χ0) is 20.1. The average Bonchev–Trinajstić information content (AvgIpc) is 2.63. The van der Waals surface area contributed by atoms with E-state index in [1.807, 2.05) is 0 Å². The van der Waals surface area contributed by atoms with Crippen molar-refractivity contribution in [3.63, 3.8) is 0 Å². The van der Waals surface area contributed by atoms with Gasteiger partial charge in [0, 0.05) is 6.54 Å². The van der Waals surface area contributed by atoms with Gasteiger partial charge in [-0.05, 0) is 43.4 Å². The molecule has 0 aromatic heterocycles. The Morgan fingerprint density at radius 1 is 1.19 bits per heavy atom. The Hall–Kier alpha value is -1.70. The van der Waals surface area contributed by atoms with Crippen LogP contribution >= 0.6 is 0 Å². The van der Waals surface area contributed by atoms with E-state index in [0.717, 1.165) is 24.8 Å². The number of nitrogens with one attached hydrogen (secondary N) is 1. The highest BCUT2D eigenvalue weighted by atomic mass is 32.2. The van der Waals surface area contributed by atoms with Crippen molar-refractivity contribution in [3.8, 4) is 0 Å². The number of carboxylic acid groups (broad SMARTS) is 1. The second kappa shape index (κ2) is 12.6. The first kappa shape index (κ1) is 23.3. The lowest BCUT2D eigenvalue weighted by Gasteiger charge is -2.07. The van der Waals surface area contributed by atoms with Crippen LogP contribution in [0.1, 0.15) is 61.4 Å². The fourth-order valence-electron chi connectivity index (χ4n) is 2.58. The van der Waals surface area contributed by atoms with Crippen molar-refractivity contribution in [2.45, 2.75) is 58.0 Å². The largest absolute Gasteiger partial charge is 0.478 e. The Kier molecular flexibility index (Phi) is 10.9. The first-order valence-corrected chi connectivity index (χ1v) is 11.1. The molecule has 0 radical (unpaired) electrons. The summed E-state index contributed by atoms with van der Waals surface area (Å²) in [7, 11) is -3.33. The van der Waals surface area contributed by atoms with Gasteiger partial charge in [-0.1, -0.05) is 50.5 Å². The van der Waals surface area contributed by atoms with E-state index in [9.17, 15) is 18.3 Å². The number of sulfonamides is 1. The number of unbranched alkanes of at least 4 members (excludes halogenated alkanes) is 2. The van der Waals surface area contributed by atoms with Crippen LogP contribution in [0, 0.1) is 0 Å². The maximum Gasteiger partial charge on any atom is 0.335 e. The Balaban J connectivity index is 2.22. The van der Waals surface area contributed by atoms with Gasteiger partial charge in [-0.3, -0.25) is 0 Å². The molecule has 3 N–H and O–H groups in total. The molecule has 152 valence electrons. The highest BCUT2D eigenvalue weighted by Gasteiger charge is 2.08. The standard InChI is InChI=1S/C20H31NO5S/c1-2-3-4-9-19(22)10-5-6-16-27(25,26)21-15-7-8-17-11-13-18(14-12-17)20(23)24/h5,10-14,19,21-22H,2-4,6-9,15-16H2,1H3,(H,23,24)/b10-5+. The smallest absolute Gasteiger partial charge is 0.335 e. The summed E-state index contributed by atoms with van der Waals surface area (Å²) in [5, 5.41) is 18.6. The van der Waals surface area contributed by atoms with Gasteiger partial charge in [0.1, 0.15) is 0 Å². The van der Waals surface area contributed by atoms with Crippen molar-refractivity contribution in [3.05, 3.63) is 47.5 Å². The van der Waals surface area contributed by atoms with E-state index in [0.29, 0.717) is 32.2 Å². The number of aliphatic hydroxyl groups is 1. The van der Waals surface area contributed by atoms with Crippen LogP contribution < -0.4 is 4.72 Å². The predicted molar refractivity (Wildman–Crippen MR) is 107 cm³/mol. The molecule has 27 heavy (non-hydrogen) atoms. The first-order chi connectivity index (χ1) is 12.8. The number of aliphatic hydroxyl groups excluding tert-OH is 1. The molecular weight excluding hydrogens is 366 g/mol. The summed E-state index contributed by atoms with van der Waals surface area (Å²) < 4.78 is 26.5. The fraction of sp³-hybridized carbons (Fsp3) is 0.550. The number of aryl methyl sites for hydroxylation is 1. The maximum absolute atomic E-state index is 11.9.